The molecule has 2 aromatic rings. The fourth-order valence-electron chi connectivity index (χ4n) is 1.59. The lowest BCUT2D eigenvalue weighted by Crippen LogP contribution is -2.14. The maximum absolute atomic E-state index is 11.9. The normalized spacial score (nSPS) is 10.1. The van der Waals surface area contributed by atoms with Crippen molar-refractivity contribution < 1.29 is 19.4 Å². The van der Waals surface area contributed by atoms with Crippen LogP contribution in [-0.2, 0) is 4.74 Å². The summed E-state index contributed by atoms with van der Waals surface area (Å²) < 4.78 is 5.70. The Bertz CT molecular complexity index is 594. The van der Waals surface area contributed by atoms with E-state index in [1.54, 1.807) is 24.3 Å². The van der Waals surface area contributed by atoms with E-state index in [0.717, 1.165) is 4.47 Å². The molecule has 0 saturated carbocycles. The molecule has 0 atom stereocenters. The molecule has 0 amide bonds. The van der Waals surface area contributed by atoms with E-state index in [1.807, 2.05) is 0 Å². The van der Waals surface area contributed by atoms with E-state index in [9.17, 15) is 14.7 Å². The van der Waals surface area contributed by atoms with Gasteiger partial charge in [0, 0.05) is 10.0 Å². The molecule has 0 unspecified atom stereocenters. The third-order valence-corrected chi connectivity index (χ3v) is 3.06. The van der Waals surface area contributed by atoms with Crippen molar-refractivity contribution in [3.8, 4) is 5.75 Å². The first kappa shape index (κ1) is 14.3. The van der Waals surface area contributed by atoms with E-state index in [2.05, 4.69) is 15.9 Å². The number of hydrogen-bond donors (Lipinski definition) is 1. The lowest BCUT2D eigenvalue weighted by Gasteiger charge is -2.05. The fourth-order valence-corrected chi connectivity index (χ4v) is 1.99. The number of esters is 1. The molecule has 20 heavy (non-hydrogen) atoms. The number of hydrogen-bond acceptors (Lipinski definition) is 4. The van der Waals surface area contributed by atoms with Gasteiger partial charge in [0.2, 0.25) is 0 Å². The molecule has 0 fully saturated rings. The number of ketones is 1. The van der Waals surface area contributed by atoms with Gasteiger partial charge in [0.1, 0.15) is 5.75 Å². The number of carbonyl (C=O) groups is 2. The number of phenols is 1. The van der Waals surface area contributed by atoms with Crippen molar-refractivity contribution in [1.29, 1.82) is 0 Å². The standard InChI is InChI=1S/C15H11BrO4/c16-12-5-1-3-10(7-12)14(18)9-20-15(19)11-4-2-6-13(17)8-11/h1-8,17H,9H2. The molecule has 0 bridgehead atoms. The summed E-state index contributed by atoms with van der Waals surface area (Å²) in [5.41, 5.74) is 0.662. The molecule has 0 heterocycles. The average Bonchev–Trinajstić information content (AvgIpc) is 2.44. The van der Waals surface area contributed by atoms with Crippen molar-refractivity contribution in [2.75, 3.05) is 6.61 Å². The van der Waals surface area contributed by atoms with Crippen LogP contribution in [0.1, 0.15) is 20.7 Å². The third-order valence-electron chi connectivity index (χ3n) is 2.56. The van der Waals surface area contributed by atoms with E-state index in [1.165, 1.54) is 24.3 Å². The SMILES string of the molecule is O=C(COC(=O)c1cccc(O)c1)c1cccc(Br)c1. The summed E-state index contributed by atoms with van der Waals surface area (Å²) in [5.74, 6) is -0.971. The number of ether oxygens (including phenoxy) is 1. The summed E-state index contributed by atoms with van der Waals surface area (Å²) in [7, 11) is 0. The lowest BCUT2D eigenvalue weighted by molar-refractivity contribution is 0.0474. The third kappa shape index (κ3) is 3.68. The monoisotopic (exact) mass is 334 g/mol. The van der Waals surface area contributed by atoms with Crippen molar-refractivity contribution in [1.82, 2.24) is 0 Å². The second-order valence-corrected chi connectivity index (χ2v) is 4.98. The summed E-state index contributed by atoms with van der Waals surface area (Å²) in [5, 5.41) is 9.27. The highest BCUT2D eigenvalue weighted by atomic mass is 79.9. The van der Waals surface area contributed by atoms with Crippen LogP contribution in [0.4, 0.5) is 0 Å². The zero-order chi connectivity index (χ0) is 14.5. The molecule has 1 N–H and O–H groups in total. The summed E-state index contributed by atoms with van der Waals surface area (Å²) in [4.78, 5) is 23.6. The van der Waals surface area contributed by atoms with Gasteiger partial charge < -0.3 is 9.84 Å². The number of Topliss-reactive ketones (excluding diaryl/α,β-unsaturated/α-hetero) is 1. The molecule has 4 nitrogen and oxygen atoms in total. The highest BCUT2D eigenvalue weighted by Crippen LogP contribution is 2.14. The Morgan fingerprint density at radius 3 is 2.45 bits per heavy atom. The second kappa shape index (κ2) is 6.34. The molecule has 5 heteroatoms. The maximum atomic E-state index is 11.9. The molecule has 0 saturated heterocycles. The number of rotatable bonds is 4. The van der Waals surface area contributed by atoms with Crippen LogP contribution in [0.2, 0.25) is 0 Å². The summed E-state index contributed by atoms with van der Waals surface area (Å²) in [6, 6.07) is 12.6. The van der Waals surface area contributed by atoms with Gasteiger partial charge in [0.15, 0.2) is 12.4 Å². The molecule has 102 valence electrons. The van der Waals surface area contributed by atoms with Crippen LogP contribution < -0.4 is 0 Å². The Kier molecular flexibility index (Phi) is 4.53. The fraction of sp³-hybridized carbons (Fsp3) is 0.0667. The van der Waals surface area contributed by atoms with Gasteiger partial charge in [-0.25, -0.2) is 4.79 Å². The Hall–Kier alpha value is -2.14. The smallest absolute Gasteiger partial charge is 0.338 e. The Morgan fingerprint density at radius 1 is 1.05 bits per heavy atom. The minimum atomic E-state index is -0.649. The highest BCUT2D eigenvalue weighted by Gasteiger charge is 2.12. The Balaban J connectivity index is 1.98. The van der Waals surface area contributed by atoms with Crippen molar-refractivity contribution in [2.45, 2.75) is 0 Å². The molecule has 0 aromatic heterocycles. The van der Waals surface area contributed by atoms with E-state index < -0.39 is 5.97 Å². The molecular weight excluding hydrogens is 324 g/mol. The summed E-state index contributed by atoms with van der Waals surface area (Å²) in [6.45, 7) is -0.342. The van der Waals surface area contributed by atoms with Gasteiger partial charge in [-0.15, -0.1) is 0 Å². The highest BCUT2D eigenvalue weighted by molar-refractivity contribution is 9.10. The van der Waals surface area contributed by atoms with Gasteiger partial charge in [0.25, 0.3) is 0 Å². The summed E-state index contributed by atoms with van der Waals surface area (Å²) in [6.07, 6.45) is 0. The molecule has 0 aliphatic rings. The van der Waals surface area contributed by atoms with E-state index >= 15 is 0 Å². The first-order chi connectivity index (χ1) is 9.56. The maximum Gasteiger partial charge on any atom is 0.338 e. The van der Waals surface area contributed by atoms with Gasteiger partial charge in [0.05, 0.1) is 5.56 Å². The number of halogens is 1. The summed E-state index contributed by atoms with van der Waals surface area (Å²) >= 11 is 3.27. The van der Waals surface area contributed by atoms with Gasteiger partial charge in [-0.2, -0.15) is 0 Å². The molecule has 0 aliphatic carbocycles. The van der Waals surface area contributed by atoms with Crippen LogP contribution in [0.3, 0.4) is 0 Å². The van der Waals surface area contributed by atoms with Crippen LogP contribution >= 0.6 is 15.9 Å². The zero-order valence-electron chi connectivity index (χ0n) is 10.4. The topological polar surface area (TPSA) is 63.6 Å². The molecular formula is C15H11BrO4. The van der Waals surface area contributed by atoms with Crippen LogP contribution in [0, 0.1) is 0 Å². The molecule has 0 aliphatic heterocycles. The largest absolute Gasteiger partial charge is 0.508 e. The number of phenolic OH excluding ortho intramolecular Hbond substituents is 1. The predicted octanol–water partition coefficient (Wildman–Crippen LogP) is 3.19. The minimum absolute atomic E-state index is 0.0298. The van der Waals surface area contributed by atoms with Crippen molar-refractivity contribution >= 4 is 27.7 Å². The Labute approximate surface area is 124 Å². The van der Waals surface area contributed by atoms with Gasteiger partial charge >= 0.3 is 5.97 Å². The van der Waals surface area contributed by atoms with E-state index in [4.69, 9.17) is 4.74 Å². The number of carbonyl (C=O) groups excluding carboxylic acids is 2. The van der Waals surface area contributed by atoms with Crippen molar-refractivity contribution in [3.63, 3.8) is 0 Å². The molecule has 0 spiro atoms. The van der Waals surface area contributed by atoms with Gasteiger partial charge in [-0.1, -0.05) is 34.1 Å². The molecule has 0 radical (unpaired) electrons. The van der Waals surface area contributed by atoms with Crippen LogP contribution in [0.5, 0.6) is 5.75 Å². The second-order valence-electron chi connectivity index (χ2n) is 4.06. The number of aromatic hydroxyl groups is 1. The molecule has 2 rings (SSSR count). The lowest BCUT2D eigenvalue weighted by atomic mass is 10.1. The molecule has 2 aromatic carbocycles. The predicted molar refractivity (Wildman–Crippen MR) is 76.9 cm³/mol. The van der Waals surface area contributed by atoms with Gasteiger partial charge in [-0.05, 0) is 30.3 Å². The average molecular weight is 335 g/mol. The van der Waals surface area contributed by atoms with Gasteiger partial charge in [-0.3, -0.25) is 4.79 Å². The first-order valence-electron chi connectivity index (χ1n) is 5.81. The van der Waals surface area contributed by atoms with Crippen molar-refractivity contribution in [3.05, 3.63) is 64.1 Å². The van der Waals surface area contributed by atoms with Crippen molar-refractivity contribution in [2.24, 2.45) is 0 Å². The van der Waals surface area contributed by atoms with E-state index in [0.29, 0.717) is 5.56 Å². The Morgan fingerprint density at radius 2 is 1.75 bits per heavy atom. The van der Waals surface area contributed by atoms with Crippen LogP contribution in [0.15, 0.2) is 53.0 Å². The van der Waals surface area contributed by atoms with Crippen LogP contribution in [-0.4, -0.2) is 23.5 Å². The zero-order valence-corrected chi connectivity index (χ0v) is 12.0. The minimum Gasteiger partial charge on any atom is -0.508 e. The first-order valence-corrected chi connectivity index (χ1v) is 6.60. The van der Waals surface area contributed by atoms with Crippen LogP contribution in [0.25, 0.3) is 0 Å². The van der Waals surface area contributed by atoms with E-state index in [-0.39, 0.29) is 23.7 Å². The quantitative estimate of drug-likeness (QED) is 0.688. The number of benzene rings is 2.